The van der Waals surface area contributed by atoms with Crippen LogP contribution in [0.4, 0.5) is 10.1 Å². The number of carbonyl (C=O) groups excluding carboxylic acids is 4. The lowest BCUT2D eigenvalue weighted by Crippen LogP contribution is -2.50. The molecule has 0 saturated heterocycles. The van der Waals surface area contributed by atoms with E-state index in [1.807, 2.05) is 0 Å². The van der Waals surface area contributed by atoms with Crippen molar-refractivity contribution in [3.05, 3.63) is 53.2 Å². The highest BCUT2D eigenvalue weighted by atomic mass is 19.1. The number of amides is 4. The van der Waals surface area contributed by atoms with Gasteiger partial charge in [-0.1, -0.05) is 6.07 Å². The molecular weight excluding hydrogens is 485 g/mol. The summed E-state index contributed by atoms with van der Waals surface area (Å²) in [4.78, 5) is 53.8. The van der Waals surface area contributed by atoms with Crippen LogP contribution in [0, 0.1) is 5.82 Å². The molecule has 4 N–H and O–H groups in total. The van der Waals surface area contributed by atoms with E-state index >= 15 is 0 Å². The lowest BCUT2D eigenvalue weighted by atomic mass is 9.93. The minimum Gasteiger partial charge on any atom is -0.482 e. The molecule has 4 amide bonds. The SMILES string of the molecule is C[C@H](NC(=O)c1cc(C(=O)NCc2ccc3c(c2)NC(=O)CO3)nc2c(F)cnn12)C(=O)NC1CCC1. The van der Waals surface area contributed by atoms with Crippen LogP contribution in [0.2, 0.25) is 0 Å². The molecule has 2 aromatic heterocycles. The third kappa shape index (κ3) is 5.06. The Bertz CT molecular complexity index is 1420. The molecule has 13 heteroatoms. The maximum atomic E-state index is 14.3. The van der Waals surface area contributed by atoms with Gasteiger partial charge in [-0.2, -0.15) is 5.10 Å². The number of hydrogen-bond acceptors (Lipinski definition) is 7. The summed E-state index contributed by atoms with van der Waals surface area (Å²) in [7, 11) is 0. The van der Waals surface area contributed by atoms with E-state index in [2.05, 4.69) is 31.3 Å². The largest absolute Gasteiger partial charge is 0.482 e. The van der Waals surface area contributed by atoms with Gasteiger partial charge in [0.2, 0.25) is 5.91 Å². The van der Waals surface area contributed by atoms with Crippen molar-refractivity contribution in [2.75, 3.05) is 11.9 Å². The molecule has 1 fully saturated rings. The van der Waals surface area contributed by atoms with Crippen LogP contribution in [0.1, 0.15) is 52.7 Å². The van der Waals surface area contributed by atoms with Gasteiger partial charge in [0.05, 0.1) is 11.9 Å². The molecule has 3 heterocycles. The Kier molecular flexibility index (Phi) is 6.42. The molecular formula is C24H24FN7O5. The van der Waals surface area contributed by atoms with E-state index in [0.29, 0.717) is 17.0 Å². The first-order chi connectivity index (χ1) is 17.8. The zero-order chi connectivity index (χ0) is 26.1. The monoisotopic (exact) mass is 509 g/mol. The number of fused-ring (bicyclic) bond motifs is 2. The molecule has 1 aliphatic heterocycles. The second kappa shape index (κ2) is 9.84. The zero-order valence-corrected chi connectivity index (χ0v) is 19.8. The van der Waals surface area contributed by atoms with Crippen molar-refractivity contribution in [1.29, 1.82) is 0 Å². The highest BCUT2D eigenvalue weighted by Crippen LogP contribution is 2.28. The van der Waals surface area contributed by atoms with Crippen LogP contribution in [-0.2, 0) is 16.1 Å². The molecule has 12 nitrogen and oxygen atoms in total. The van der Waals surface area contributed by atoms with E-state index in [0.717, 1.165) is 30.0 Å². The van der Waals surface area contributed by atoms with Crippen LogP contribution in [0.25, 0.3) is 5.65 Å². The molecule has 2 aliphatic rings. The van der Waals surface area contributed by atoms with E-state index in [-0.39, 0.29) is 48.0 Å². The first-order valence-electron chi connectivity index (χ1n) is 11.8. The number of hydrogen-bond donors (Lipinski definition) is 4. The summed E-state index contributed by atoms with van der Waals surface area (Å²) < 4.78 is 20.6. The number of nitrogens with zero attached hydrogens (tertiary/aromatic N) is 3. The first-order valence-corrected chi connectivity index (χ1v) is 11.8. The number of ether oxygens (including phenoxy) is 1. The van der Waals surface area contributed by atoms with Gasteiger partial charge >= 0.3 is 0 Å². The molecule has 5 rings (SSSR count). The van der Waals surface area contributed by atoms with Gasteiger partial charge in [-0.05, 0) is 43.9 Å². The van der Waals surface area contributed by atoms with Gasteiger partial charge in [-0.15, -0.1) is 0 Å². The van der Waals surface area contributed by atoms with E-state index in [1.54, 1.807) is 18.2 Å². The Hall–Kier alpha value is -4.55. The van der Waals surface area contributed by atoms with Gasteiger partial charge in [0, 0.05) is 18.7 Å². The molecule has 0 spiro atoms. The molecule has 0 bridgehead atoms. The van der Waals surface area contributed by atoms with Gasteiger partial charge in [0.15, 0.2) is 18.1 Å². The fraction of sp³-hybridized carbons (Fsp3) is 0.333. The van der Waals surface area contributed by atoms with Gasteiger partial charge in [0.1, 0.15) is 23.2 Å². The van der Waals surface area contributed by atoms with Crippen LogP contribution in [0.3, 0.4) is 0 Å². The van der Waals surface area contributed by atoms with Crippen LogP contribution in [0.15, 0.2) is 30.5 Å². The fourth-order valence-corrected chi connectivity index (χ4v) is 3.94. The summed E-state index contributed by atoms with van der Waals surface area (Å²) in [5.41, 5.74) is 0.476. The van der Waals surface area contributed by atoms with Crippen molar-refractivity contribution >= 4 is 35.0 Å². The number of nitrogens with one attached hydrogen (secondary N) is 4. The molecule has 0 unspecified atom stereocenters. The summed E-state index contributed by atoms with van der Waals surface area (Å²) in [5, 5.41) is 14.6. The van der Waals surface area contributed by atoms with Crippen molar-refractivity contribution in [3.8, 4) is 5.75 Å². The number of benzene rings is 1. The quantitative estimate of drug-likeness (QED) is 0.369. The van der Waals surface area contributed by atoms with Crippen LogP contribution in [-0.4, -0.2) is 56.9 Å². The predicted molar refractivity (Wildman–Crippen MR) is 127 cm³/mol. The molecule has 1 aromatic carbocycles. The average Bonchev–Trinajstić information content (AvgIpc) is 3.24. The van der Waals surface area contributed by atoms with Crippen molar-refractivity contribution in [1.82, 2.24) is 30.5 Å². The Labute approximate surface area is 210 Å². The third-order valence-electron chi connectivity index (χ3n) is 6.22. The Morgan fingerprint density at radius 1 is 1.24 bits per heavy atom. The summed E-state index contributed by atoms with van der Waals surface area (Å²) in [5.74, 6) is -2.29. The second-order valence-electron chi connectivity index (χ2n) is 8.94. The summed E-state index contributed by atoms with van der Waals surface area (Å²) >= 11 is 0. The highest BCUT2D eigenvalue weighted by Gasteiger charge is 2.26. The normalized spacial score (nSPS) is 15.6. The number of aromatic nitrogens is 3. The topological polar surface area (TPSA) is 156 Å². The molecule has 192 valence electrons. The number of halogens is 1. The molecule has 0 radical (unpaired) electrons. The van der Waals surface area contributed by atoms with Gasteiger partial charge in [-0.25, -0.2) is 13.9 Å². The standard InChI is InChI=1S/C24H24FN7O5/c1-12(22(34)29-14-3-2-4-14)28-24(36)18-8-17(31-21-15(25)10-27-32(18)21)23(35)26-9-13-5-6-19-16(7-13)30-20(33)11-37-19/h5-8,10,12,14H,2-4,9,11H2,1H3,(H,26,35)(H,28,36)(H,29,34)(H,30,33)/t12-/m0/s1. The predicted octanol–water partition coefficient (Wildman–Crippen LogP) is 0.916. The van der Waals surface area contributed by atoms with Crippen LogP contribution in [0.5, 0.6) is 5.75 Å². The Balaban J connectivity index is 1.31. The average molecular weight is 509 g/mol. The van der Waals surface area contributed by atoms with Crippen molar-refractivity contribution in [3.63, 3.8) is 0 Å². The summed E-state index contributed by atoms with van der Waals surface area (Å²) in [6, 6.07) is 5.48. The zero-order valence-electron chi connectivity index (χ0n) is 19.8. The minimum absolute atomic E-state index is 0.0660. The Morgan fingerprint density at radius 2 is 2.05 bits per heavy atom. The summed E-state index contributed by atoms with van der Waals surface area (Å²) in [6.45, 7) is 1.53. The van der Waals surface area contributed by atoms with E-state index in [9.17, 15) is 23.6 Å². The van der Waals surface area contributed by atoms with Gasteiger partial charge in [0.25, 0.3) is 17.7 Å². The van der Waals surface area contributed by atoms with Crippen LogP contribution >= 0.6 is 0 Å². The minimum atomic E-state index is -0.859. The lowest BCUT2D eigenvalue weighted by Gasteiger charge is -2.28. The number of rotatable bonds is 7. The molecule has 37 heavy (non-hydrogen) atoms. The molecule has 1 atom stereocenters. The number of anilines is 1. The van der Waals surface area contributed by atoms with Crippen molar-refractivity contribution in [2.24, 2.45) is 0 Å². The first kappa shape index (κ1) is 24.2. The Morgan fingerprint density at radius 3 is 2.81 bits per heavy atom. The molecule has 1 saturated carbocycles. The third-order valence-corrected chi connectivity index (χ3v) is 6.22. The fourth-order valence-electron chi connectivity index (χ4n) is 3.94. The maximum Gasteiger partial charge on any atom is 0.270 e. The van der Waals surface area contributed by atoms with E-state index in [1.165, 1.54) is 13.0 Å². The van der Waals surface area contributed by atoms with E-state index < -0.39 is 23.7 Å². The molecule has 3 aromatic rings. The summed E-state index contributed by atoms with van der Waals surface area (Å²) in [6.07, 6.45) is 3.73. The van der Waals surface area contributed by atoms with Crippen molar-refractivity contribution < 1.29 is 28.3 Å². The van der Waals surface area contributed by atoms with Crippen molar-refractivity contribution in [2.45, 2.75) is 44.8 Å². The van der Waals surface area contributed by atoms with Gasteiger partial charge < -0.3 is 26.0 Å². The number of carbonyl (C=O) groups is 4. The lowest BCUT2D eigenvalue weighted by molar-refractivity contribution is -0.123. The van der Waals surface area contributed by atoms with Gasteiger partial charge in [-0.3, -0.25) is 19.2 Å². The second-order valence-corrected chi connectivity index (χ2v) is 8.94. The highest BCUT2D eigenvalue weighted by molar-refractivity contribution is 6.00. The molecule has 1 aliphatic carbocycles. The van der Waals surface area contributed by atoms with E-state index in [4.69, 9.17) is 4.74 Å². The van der Waals surface area contributed by atoms with Crippen LogP contribution < -0.4 is 26.0 Å². The maximum absolute atomic E-state index is 14.3. The smallest absolute Gasteiger partial charge is 0.270 e.